The van der Waals surface area contributed by atoms with Gasteiger partial charge >= 0.3 is 0 Å². The average Bonchev–Trinajstić information content (AvgIpc) is 3.43. The lowest BCUT2D eigenvalue weighted by molar-refractivity contribution is -0.215. The van der Waals surface area contributed by atoms with Gasteiger partial charge in [-0.2, -0.15) is 0 Å². The quantitative estimate of drug-likeness (QED) is 0.0371. The molecule has 0 bridgehead atoms. The van der Waals surface area contributed by atoms with Crippen molar-refractivity contribution in [2.24, 2.45) is 0 Å². The van der Waals surface area contributed by atoms with Gasteiger partial charge in [-0.15, -0.1) is 0 Å². The summed E-state index contributed by atoms with van der Waals surface area (Å²) in [6.07, 6.45) is 54.4. The lowest BCUT2D eigenvalue weighted by Crippen LogP contribution is -2.24. The Kier molecular flexibility index (Phi) is 50.4. The molecule has 0 radical (unpaired) electrons. The van der Waals surface area contributed by atoms with Crippen LogP contribution in [-0.2, 0) is 46.4 Å². The van der Waals surface area contributed by atoms with E-state index in [0.29, 0.717) is 13.2 Å². The van der Waals surface area contributed by atoms with Crippen molar-refractivity contribution in [3.63, 3.8) is 0 Å². The van der Waals surface area contributed by atoms with Crippen molar-refractivity contribution in [1.82, 2.24) is 0 Å². The summed E-state index contributed by atoms with van der Waals surface area (Å²) in [5, 5.41) is 0. The Morgan fingerprint density at radius 3 is 0.907 bits per heavy atom. The zero-order valence-corrected chi connectivity index (χ0v) is 49.4. The van der Waals surface area contributed by atoms with E-state index in [1.165, 1.54) is 193 Å². The van der Waals surface area contributed by atoms with Crippen LogP contribution in [0.1, 0.15) is 283 Å². The molecular formula is C68H118O7. The molecule has 0 spiro atoms. The first-order valence-electron chi connectivity index (χ1n) is 31.9. The molecule has 0 amide bonds. The van der Waals surface area contributed by atoms with Crippen molar-refractivity contribution in [3.8, 4) is 0 Å². The SMILES string of the molecule is CCCCCCCOC(CCCCCCCCCC=CC(OCc1ccccc1)OC(C=CCCCCCCCCCC(OCCCCCCC)OCCCCCCC)OCc1ccccc1)OCCCCCCC. The predicted molar refractivity (Wildman–Crippen MR) is 319 cm³/mol. The van der Waals surface area contributed by atoms with Gasteiger partial charge in [-0.25, -0.2) is 0 Å². The van der Waals surface area contributed by atoms with E-state index in [1.807, 2.05) is 12.1 Å². The molecule has 0 aliphatic heterocycles. The molecule has 0 N–H and O–H groups in total. The summed E-state index contributed by atoms with van der Waals surface area (Å²) in [7, 11) is 0. The summed E-state index contributed by atoms with van der Waals surface area (Å²) >= 11 is 0. The number of hydrogen-bond donors (Lipinski definition) is 0. The second-order valence-corrected chi connectivity index (χ2v) is 21.4. The van der Waals surface area contributed by atoms with E-state index < -0.39 is 12.6 Å². The van der Waals surface area contributed by atoms with Gasteiger partial charge in [0.2, 0.25) is 0 Å². The van der Waals surface area contributed by atoms with Crippen LogP contribution < -0.4 is 0 Å². The number of hydrogen-bond acceptors (Lipinski definition) is 7. The number of rotatable bonds is 58. The average molecular weight is 1050 g/mol. The van der Waals surface area contributed by atoms with Gasteiger partial charge in [0.15, 0.2) is 25.2 Å². The molecule has 2 atom stereocenters. The van der Waals surface area contributed by atoms with Gasteiger partial charge in [0.05, 0.1) is 13.2 Å². The number of allylic oxidation sites excluding steroid dienone is 2. The molecule has 2 aromatic carbocycles. The molecule has 0 fully saturated rings. The van der Waals surface area contributed by atoms with Gasteiger partial charge in [-0.3, -0.25) is 0 Å². The molecule has 0 saturated heterocycles. The zero-order chi connectivity index (χ0) is 53.4. The maximum absolute atomic E-state index is 6.60. The Bertz CT molecular complexity index is 1330. The zero-order valence-electron chi connectivity index (χ0n) is 49.4. The Morgan fingerprint density at radius 1 is 0.307 bits per heavy atom. The molecule has 2 unspecified atom stereocenters. The van der Waals surface area contributed by atoms with Crippen LogP contribution in [0.15, 0.2) is 85.0 Å². The fraction of sp³-hybridized carbons (Fsp3) is 0.765. The van der Waals surface area contributed by atoms with Gasteiger partial charge in [-0.05, 0) is 100 Å². The molecule has 2 rings (SSSR count). The van der Waals surface area contributed by atoms with Crippen LogP contribution in [-0.4, -0.2) is 51.6 Å². The number of ether oxygens (including phenoxy) is 7. The van der Waals surface area contributed by atoms with Crippen LogP contribution in [0, 0.1) is 0 Å². The third-order valence-corrected chi connectivity index (χ3v) is 14.2. The lowest BCUT2D eigenvalue weighted by Gasteiger charge is -2.22. The van der Waals surface area contributed by atoms with Crippen LogP contribution in [0.25, 0.3) is 0 Å². The van der Waals surface area contributed by atoms with Gasteiger partial charge in [-0.1, -0.05) is 267 Å². The fourth-order valence-corrected chi connectivity index (χ4v) is 9.36. The molecule has 7 nitrogen and oxygen atoms in total. The Hall–Kier alpha value is -2.36. The summed E-state index contributed by atoms with van der Waals surface area (Å²) in [5.74, 6) is 0. The van der Waals surface area contributed by atoms with E-state index >= 15 is 0 Å². The minimum Gasteiger partial charge on any atom is -0.353 e. The van der Waals surface area contributed by atoms with E-state index in [9.17, 15) is 0 Å². The molecule has 0 aliphatic rings. The molecule has 0 aliphatic carbocycles. The van der Waals surface area contributed by atoms with Crippen molar-refractivity contribution in [2.75, 3.05) is 26.4 Å². The summed E-state index contributed by atoms with van der Waals surface area (Å²) in [6, 6.07) is 20.7. The predicted octanol–water partition coefficient (Wildman–Crippen LogP) is 20.8. The number of benzene rings is 2. The van der Waals surface area contributed by atoms with Crippen molar-refractivity contribution < 1.29 is 33.2 Å². The maximum atomic E-state index is 6.60. The molecule has 7 heteroatoms. The maximum Gasteiger partial charge on any atom is 0.180 e. The minimum absolute atomic E-state index is 0.0308. The van der Waals surface area contributed by atoms with E-state index in [2.05, 4.69) is 101 Å². The van der Waals surface area contributed by atoms with Crippen molar-refractivity contribution in [3.05, 3.63) is 96.1 Å². The first-order valence-corrected chi connectivity index (χ1v) is 31.9. The largest absolute Gasteiger partial charge is 0.353 e. The summed E-state index contributed by atoms with van der Waals surface area (Å²) in [5.41, 5.74) is 2.25. The summed E-state index contributed by atoms with van der Waals surface area (Å²) < 4.78 is 44.5. The third-order valence-electron chi connectivity index (χ3n) is 14.2. The molecule has 0 saturated carbocycles. The van der Waals surface area contributed by atoms with Crippen molar-refractivity contribution in [2.45, 2.75) is 310 Å². The second-order valence-electron chi connectivity index (χ2n) is 21.4. The van der Waals surface area contributed by atoms with Gasteiger partial charge < -0.3 is 33.2 Å². The van der Waals surface area contributed by atoms with Crippen LogP contribution in [0.2, 0.25) is 0 Å². The standard InChI is InChI=1S/C68H118O7/c1-5-9-13-31-45-57-69-65(70-58-46-32-14-10-6-2)53-41-27-23-19-17-21-25-29-43-55-67(73-61-63-49-37-35-38-50-63)75-68(74-62-64-51-39-36-40-52-64)56-44-30-26-22-18-20-24-28-42-54-66(71-59-47-33-15-11-7-3)72-60-48-34-16-12-8-4/h35-40,43-44,49-52,55-56,65-68H,5-34,41-42,45-48,53-54,57-62H2,1-4H3. The fourth-order valence-electron chi connectivity index (χ4n) is 9.36. The van der Waals surface area contributed by atoms with Crippen LogP contribution in [0.3, 0.4) is 0 Å². The topological polar surface area (TPSA) is 64.6 Å². The number of unbranched alkanes of at least 4 members (excludes halogenated alkanes) is 30. The molecule has 75 heavy (non-hydrogen) atoms. The molecular weight excluding hydrogens is 929 g/mol. The molecule has 432 valence electrons. The van der Waals surface area contributed by atoms with E-state index in [1.54, 1.807) is 0 Å². The van der Waals surface area contributed by atoms with Gasteiger partial charge in [0.1, 0.15) is 0 Å². The third kappa shape index (κ3) is 45.2. The molecule has 0 heterocycles. The van der Waals surface area contributed by atoms with Crippen molar-refractivity contribution in [1.29, 1.82) is 0 Å². The highest BCUT2D eigenvalue weighted by molar-refractivity contribution is 5.14. The molecule has 0 aromatic heterocycles. The monoisotopic (exact) mass is 1050 g/mol. The minimum atomic E-state index is -0.519. The van der Waals surface area contributed by atoms with Crippen LogP contribution in [0.5, 0.6) is 0 Å². The van der Waals surface area contributed by atoms with Crippen LogP contribution >= 0.6 is 0 Å². The van der Waals surface area contributed by atoms with E-state index in [4.69, 9.17) is 33.2 Å². The Labute approximate surface area is 463 Å². The van der Waals surface area contributed by atoms with E-state index in [0.717, 1.165) is 88.9 Å². The van der Waals surface area contributed by atoms with Crippen molar-refractivity contribution >= 4 is 0 Å². The Balaban J connectivity index is 1.78. The highest BCUT2D eigenvalue weighted by Gasteiger charge is 2.15. The van der Waals surface area contributed by atoms with E-state index in [-0.39, 0.29) is 12.6 Å². The summed E-state index contributed by atoms with van der Waals surface area (Å²) in [4.78, 5) is 0. The smallest absolute Gasteiger partial charge is 0.180 e. The highest BCUT2D eigenvalue weighted by atomic mass is 16.8. The molecule has 2 aromatic rings. The van der Waals surface area contributed by atoms with Crippen LogP contribution in [0.4, 0.5) is 0 Å². The highest BCUT2D eigenvalue weighted by Crippen LogP contribution is 2.19. The Morgan fingerprint density at radius 2 is 0.587 bits per heavy atom. The van der Waals surface area contributed by atoms with Gasteiger partial charge in [0, 0.05) is 26.4 Å². The first-order chi connectivity index (χ1) is 37.2. The normalized spacial score (nSPS) is 12.9. The summed E-state index contributed by atoms with van der Waals surface area (Å²) in [6.45, 7) is 13.4. The first kappa shape index (κ1) is 68.7. The van der Waals surface area contributed by atoms with Gasteiger partial charge in [0.25, 0.3) is 0 Å². The second kappa shape index (κ2) is 55.0. The lowest BCUT2D eigenvalue weighted by atomic mass is 10.1.